The zero-order valence-electron chi connectivity index (χ0n) is 17.0. The minimum atomic E-state index is -0.0352. The lowest BCUT2D eigenvalue weighted by Crippen LogP contribution is -2.30. The molecule has 0 N–H and O–H groups in total. The Bertz CT molecular complexity index is 1150. The Labute approximate surface area is 175 Å². The van der Waals surface area contributed by atoms with Crippen molar-refractivity contribution in [3.8, 4) is 11.5 Å². The third-order valence-corrected chi connectivity index (χ3v) is 4.95. The number of para-hydroxylation sites is 3. The molecule has 0 fully saturated rings. The highest BCUT2D eigenvalue weighted by Gasteiger charge is 2.17. The number of amides is 1. The number of imidazole rings is 1. The van der Waals surface area contributed by atoms with Gasteiger partial charge in [-0.05, 0) is 36.4 Å². The summed E-state index contributed by atoms with van der Waals surface area (Å²) in [6, 6.07) is 24.8. The Kier molecular flexibility index (Phi) is 5.66. The van der Waals surface area contributed by atoms with Crippen LogP contribution in [0.1, 0.15) is 5.82 Å². The fourth-order valence-electron chi connectivity index (χ4n) is 3.29. The average Bonchev–Trinajstić information content (AvgIpc) is 3.15. The number of aromatic nitrogens is 2. The van der Waals surface area contributed by atoms with Crippen molar-refractivity contribution in [3.05, 3.63) is 84.7 Å². The van der Waals surface area contributed by atoms with Gasteiger partial charge < -0.3 is 18.9 Å². The van der Waals surface area contributed by atoms with Gasteiger partial charge in [-0.25, -0.2) is 4.98 Å². The van der Waals surface area contributed by atoms with Crippen molar-refractivity contribution in [1.29, 1.82) is 0 Å². The summed E-state index contributed by atoms with van der Waals surface area (Å²) in [6.45, 7) is 0.410. The molecule has 1 aromatic heterocycles. The quantitative estimate of drug-likeness (QED) is 0.464. The van der Waals surface area contributed by atoms with E-state index in [9.17, 15) is 4.79 Å². The molecule has 1 amide bonds. The van der Waals surface area contributed by atoms with Crippen LogP contribution in [-0.2, 0) is 17.9 Å². The monoisotopic (exact) mass is 401 g/mol. The predicted molar refractivity (Wildman–Crippen MR) is 117 cm³/mol. The maximum Gasteiger partial charge on any atom is 0.246 e. The summed E-state index contributed by atoms with van der Waals surface area (Å²) in [7, 11) is 3.40. The number of anilines is 1. The van der Waals surface area contributed by atoms with Crippen LogP contribution in [0.3, 0.4) is 0 Å². The van der Waals surface area contributed by atoms with Crippen LogP contribution >= 0.6 is 0 Å². The second kappa shape index (κ2) is 8.69. The number of fused-ring (bicyclic) bond motifs is 1. The molecule has 0 saturated carbocycles. The van der Waals surface area contributed by atoms with E-state index in [0.29, 0.717) is 11.6 Å². The standard InChI is InChI=1S/C24H23N3O3/c1-26(18-9-4-3-5-10-18)24(28)16-27-22-14-7-6-13-21(22)25-23(27)17-30-20-12-8-11-19(15-20)29-2/h3-15H,16-17H2,1-2H3. The number of hydrogen-bond donors (Lipinski definition) is 0. The molecular weight excluding hydrogens is 378 g/mol. The van der Waals surface area contributed by atoms with Crippen LogP contribution in [0.2, 0.25) is 0 Å². The van der Waals surface area contributed by atoms with Gasteiger partial charge in [0.1, 0.15) is 30.5 Å². The number of rotatable bonds is 7. The number of ether oxygens (including phenoxy) is 2. The lowest BCUT2D eigenvalue weighted by Gasteiger charge is -2.19. The first-order valence-corrected chi connectivity index (χ1v) is 9.68. The van der Waals surface area contributed by atoms with E-state index in [4.69, 9.17) is 14.5 Å². The number of hydrogen-bond acceptors (Lipinski definition) is 4. The molecule has 0 bridgehead atoms. The molecule has 30 heavy (non-hydrogen) atoms. The average molecular weight is 401 g/mol. The van der Waals surface area contributed by atoms with Crippen molar-refractivity contribution >= 4 is 22.6 Å². The van der Waals surface area contributed by atoms with Crippen molar-refractivity contribution < 1.29 is 14.3 Å². The number of benzene rings is 3. The number of likely N-dealkylation sites (N-methyl/N-ethyl adjacent to an activating group) is 1. The van der Waals surface area contributed by atoms with E-state index in [1.165, 1.54) is 0 Å². The van der Waals surface area contributed by atoms with Crippen LogP contribution in [0.5, 0.6) is 11.5 Å². The van der Waals surface area contributed by atoms with E-state index in [1.807, 2.05) is 83.4 Å². The maximum atomic E-state index is 13.0. The van der Waals surface area contributed by atoms with Gasteiger partial charge in [0.2, 0.25) is 5.91 Å². The second-order valence-electron chi connectivity index (χ2n) is 6.86. The number of methoxy groups -OCH3 is 1. The Morgan fingerprint density at radius 3 is 2.50 bits per heavy atom. The molecule has 6 nitrogen and oxygen atoms in total. The van der Waals surface area contributed by atoms with E-state index in [1.54, 1.807) is 19.1 Å². The summed E-state index contributed by atoms with van der Waals surface area (Å²) in [5.41, 5.74) is 2.58. The van der Waals surface area contributed by atoms with Crippen molar-refractivity contribution in [2.75, 3.05) is 19.1 Å². The van der Waals surface area contributed by atoms with Gasteiger partial charge in [0.05, 0.1) is 18.1 Å². The Morgan fingerprint density at radius 1 is 0.967 bits per heavy atom. The smallest absolute Gasteiger partial charge is 0.246 e. The molecule has 0 saturated heterocycles. The molecule has 0 aliphatic rings. The van der Waals surface area contributed by atoms with Crippen LogP contribution in [0.15, 0.2) is 78.9 Å². The van der Waals surface area contributed by atoms with Crippen LogP contribution in [0, 0.1) is 0 Å². The van der Waals surface area contributed by atoms with Crippen LogP contribution in [0.25, 0.3) is 11.0 Å². The Morgan fingerprint density at radius 2 is 1.70 bits per heavy atom. The Balaban J connectivity index is 1.59. The molecular formula is C24H23N3O3. The lowest BCUT2D eigenvalue weighted by molar-refractivity contribution is -0.118. The van der Waals surface area contributed by atoms with E-state index in [-0.39, 0.29) is 19.1 Å². The van der Waals surface area contributed by atoms with Gasteiger partial charge in [-0.1, -0.05) is 36.4 Å². The molecule has 152 valence electrons. The summed E-state index contributed by atoms with van der Waals surface area (Å²) < 4.78 is 13.1. The molecule has 3 aromatic carbocycles. The lowest BCUT2D eigenvalue weighted by atomic mass is 10.3. The SMILES string of the molecule is COc1cccc(OCc2nc3ccccc3n2CC(=O)N(C)c2ccccc2)c1. The molecule has 6 heteroatoms. The van der Waals surface area contributed by atoms with E-state index in [2.05, 4.69) is 0 Å². The fraction of sp³-hybridized carbons (Fsp3) is 0.167. The predicted octanol–water partition coefficient (Wildman–Crippen LogP) is 4.29. The summed E-state index contributed by atoms with van der Waals surface area (Å²) in [6.07, 6.45) is 0. The summed E-state index contributed by atoms with van der Waals surface area (Å²) >= 11 is 0. The van der Waals surface area contributed by atoms with Gasteiger partial charge in [0, 0.05) is 18.8 Å². The van der Waals surface area contributed by atoms with Gasteiger partial charge in [0.25, 0.3) is 0 Å². The highest BCUT2D eigenvalue weighted by atomic mass is 16.5. The van der Waals surface area contributed by atoms with Crippen LogP contribution in [-0.4, -0.2) is 29.6 Å². The normalized spacial score (nSPS) is 10.7. The topological polar surface area (TPSA) is 56.6 Å². The van der Waals surface area contributed by atoms with Crippen molar-refractivity contribution in [2.45, 2.75) is 13.2 Å². The zero-order valence-corrected chi connectivity index (χ0v) is 17.0. The maximum absolute atomic E-state index is 13.0. The Hall–Kier alpha value is -3.80. The summed E-state index contributed by atoms with van der Waals surface area (Å²) in [5, 5.41) is 0. The molecule has 0 aliphatic carbocycles. The number of carbonyl (C=O) groups excluding carboxylic acids is 1. The zero-order chi connectivity index (χ0) is 20.9. The highest BCUT2D eigenvalue weighted by Crippen LogP contribution is 2.22. The molecule has 0 aliphatic heterocycles. The minimum absolute atomic E-state index is 0.0352. The molecule has 0 atom stereocenters. The first kappa shape index (κ1) is 19.5. The van der Waals surface area contributed by atoms with Gasteiger partial charge in [-0.3, -0.25) is 4.79 Å². The van der Waals surface area contributed by atoms with Crippen molar-refractivity contribution in [3.63, 3.8) is 0 Å². The summed E-state index contributed by atoms with van der Waals surface area (Å²) in [5.74, 6) is 2.06. The van der Waals surface area contributed by atoms with Gasteiger partial charge in [-0.2, -0.15) is 0 Å². The van der Waals surface area contributed by atoms with Gasteiger partial charge in [0.15, 0.2) is 0 Å². The third kappa shape index (κ3) is 4.12. The van der Waals surface area contributed by atoms with E-state index < -0.39 is 0 Å². The highest BCUT2D eigenvalue weighted by molar-refractivity contribution is 5.93. The van der Waals surface area contributed by atoms with Crippen LogP contribution < -0.4 is 14.4 Å². The molecule has 1 heterocycles. The van der Waals surface area contributed by atoms with Gasteiger partial charge >= 0.3 is 0 Å². The van der Waals surface area contributed by atoms with Crippen molar-refractivity contribution in [1.82, 2.24) is 9.55 Å². The third-order valence-electron chi connectivity index (χ3n) is 4.95. The van der Waals surface area contributed by atoms with Crippen molar-refractivity contribution in [2.24, 2.45) is 0 Å². The van der Waals surface area contributed by atoms with Gasteiger partial charge in [-0.15, -0.1) is 0 Å². The molecule has 0 radical (unpaired) electrons. The largest absolute Gasteiger partial charge is 0.497 e. The minimum Gasteiger partial charge on any atom is -0.497 e. The number of nitrogens with zero attached hydrogens (tertiary/aromatic N) is 3. The molecule has 0 spiro atoms. The first-order valence-electron chi connectivity index (χ1n) is 9.68. The van der Waals surface area contributed by atoms with E-state index >= 15 is 0 Å². The fourth-order valence-corrected chi connectivity index (χ4v) is 3.29. The van der Waals surface area contributed by atoms with E-state index in [0.717, 1.165) is 22.5 Å². The first-order chi connectivity index (χ1) is 14.7. The molecule has 0 unspecified atom stereocenters. The summed E-state index contributed by atoms with van der Waals surface area (Å²) in [4.78, 5) is 19.3. The second-order valence-corrected chi connectivity index (χ2v) is 6.86. The van der Waals surface area contributed by atoms with Crippen LogP contribution in [0.4, 0.5) is 5.69 Å². The number of carbonyl (C=O) groups is 1. The molecule has 4 rings (SSSR count). The molecule has 4 aromatic rings.